The first-order chi connectivity index (χ1) is 24.7. The van der Waals surface area contributed by atoms with Crippen molar-refractivity contribution < 1.29 is 0 Å². The van der Waals surface area contributed by atoms with E-state index in [4.69, 9.17) is 5.73 Å². The van der Waals surface area contributed by atoms with Gasteiger partial charge in [0.2, 0.25) is 0 Å². The van der Waals surface area contributed by atoms with Crippen LogP contribution >= 0.6 is 11.3 Å². The Kier molecular flexibility index (Phi) is 8.93. The lowest BCUT2D eigenvalue weighted by molar-refractivity contribution is 1.26. The van der Waals surface area contributed by atoms with Crippen LogP contribution in [0.5, 0.6) is 0 Å². The minimum absolute atomic E-state index is 0.799. The summed E-state index contributed by atoms with van der Waals surface area (Å²) in [5.74, 6) is 0. The predicted molar refractivity (Wildman–Crippen MR) is 216 cm³/mol. The lowest BCUT2D eigenvalue weighted by atomic mass is 9.91. The molecule has 8 aromatic rings. The minimum Gasteiger partial charge on any atom is -0.398 e. The summed E-state index contributed by atoms with van der Waals surface area (Å²) in [4.78, 5) is 0. The Bertz CT molecular complexity index is 2450. The van der Waals surface area contributed by atoms with Gasteiger partial charge in [-0.1, -0.05) is 176 Å². The van der Waals surface area contributed by atoms with Gasteiger partial charge in [-0.05, 0) is 80.6 Å². The van der Waals surface area contributed by atoms with E-state index in [-0.39, 0.29) is 0 Å². The molecule has 2 heteroatoms. The zero-order valence-electron chi connectivity index (χ0n) is 27.8. The molecule has 50 heavy (non-hydrogen) atoms. The smallest absolute Gasteiger partial charge is 0.0440 e. The molecule has 7 aromatic carbocycles. The molecular weight excluding hydrogens is 623 g/mol. The van der Waals surface area contributed by atoms with Crippen LogP contribution in [0.3, 0.4) is 0 Å². The molecule has 0 atom stereocenters. The maximum absolute atomic E-state index is 6.64. The average Bonchev–Trinajstić information content (AvgIpc) is 3.58. The molecule has 0 fully saturated rings. The van der Waals surface area contributed by atoms with Crippen molar-refractivity contribution in [2.24, 2.45) is 5.73 Å². The number of allylic oxidation sites excluding steroid dienone is 2. The number of hydrogen-bond acceptors (Lipinski definition) is 2. The van der Waals surface area contributed by atoms with Crippen LogP contribution in [0.1, 0.15) is 27.8 Å². The number of benzene rings is 7. The highest BCUT2D eigenvalue weighted by molar-refractivity contribution is 7.26. The Balaban J connectivity index is 1.18. The van der Waals surface area contributed by atoms with Gasteiger partial charge < -0.3 is 5.73 Å². The molecule has 0 saturated carbocycles. The van der Waals surface area contributed by atoms with Gasteiger partial charge in [0.15, 0.2) is 0 Å². The van der Waals surface area contributed by atoms with Gasteiger partial charge in [-0.15, -0.1) is 11.3 Å². The average molecular weight is 660 g/mol. The van der Waals surface area contributed by atoms with Crippen molar-refractivity contribution in [2.75, 3.05) is 0 Å². The van der Waals surface area contributed by atoms with Crippen LogP contribution in [-0.2, 0) is 12.8 Å². The van der Waals surface area contributed by atoms with E-state index >= 15 is 0 Å². The number of fused-ring (bicyclic) bond motifs is 3. The Morgan fingerprint density at radius 2 is 1.06 bits per heavy atom. The fourth-order valence-corrected chi connectivity index (χ4v) is 8.07. The molecule has 0 amide bonds. The van der Waals surface area contributed by atoms with E-state index in [0.717, 1.165) is 24.1 Å². The van der Waals surface area contributed by atoms with Crippen LogP contribution in [0.25, 0.3) is 53.7 Å². The molecule has 1 aromatic heterocycles. The molecular formula is C48H37NS. The molecule has 8 rings (SSSR count). The van der Waals surface area contributed by atoms with Crippen molar-refractivity contribution in [3.63, 3.8) is 0 Å². The van der Waals surface area contributed by atoms with Crippen LogP contribution < -0.4 is 5.73 Å². The van der Waals surface area contributed by atoms with Crippen LogP contribution in [-0.4, -0.2) is 0 Å². The van der Waals surface area contributed by atoms with Crippen molar-refractivity contribution in [1.29, 1.82) is 0 Å². The summed E-state index contributed by atoms with van der Waals surface area (Å²) in [5.41, 5.74) is 19.6. The summed E-state index contributed by atoms with van der Waals surface area (Å²) >= 11 is 1.87. The lowest BCUT2D eigenvalue weighted by Gasteiger charge is -2.13. The van der Waals surface area contributed by atoms with Gasteiger partial charge in [0, 0.05) is 25.9 Å². The first kappa shape index (κ1) is 31.3. The van der Waals surface area contributed by atoms with Gasteiger partial charge in [0.05, 0.1) is 0 Å². The molecule has 0 aliphatic heterocycles. The molecule has 240 valence electrons. The van der Waals surface area contributed by atoms with E-state index in [2.05, 4.69) is 182 Å². The van der Waals surface area contributed by atoms with Crippen LogP contribution in [0, 0.1) is 0 Å². The van der Waals surface area contributed by atoms with Gasteiger partial charge in [-0.3, -0.25) is 0 Å². The van der Waals surface area contributed by atoms with E-state index in [1.807, 2.05) is 17.4 Å². The number of nitrogens with two attached hydrogens (primary N) is 1. The van der Waals surface area contributed by atoms with E-state index in [0.29, 0.717) is 0 Å². The molecule has 0 unspecified atom stereocenters. The maximum Gasteiger partial charge on any atom is 0.0440 e. The van der Waals surface area contributed by atoms with Crippen molar-refractivity contribution >= 4 is 42.8 Å². The fourth-order valence-electron chi connectivity index (χ4n) is 6.81. The largest absolute Gasteiger partial charge is 0.398 e. The second-order valence-electron chi connectivity index (χ2n) is 12.6. The topological polar surface area (TPSA) is 26.0 Å². The van der Waals surface area contributed by atoms with Crippen LogP contribution in [0.4, 0.5) is 0 Å². The van der Waals surface area contributed by atoms with E-state index in [9.17, 15) is 0 Å². The van der Waals surface area contributed by atoms with Crippen LogP contribution in [0.2, 0.25) is 0 Å². The van der Waals surface area contributed by atoms with E-state index < -0.39 is 0 Å². The molecule has 0 bridgehead atoms. The second kappa shape index (κ2) is 14.3. The summed E-state index contributed by atoms with van der Waals surface area (Å²) in [7, 11) is 0. The summed E-state index contributed by atoms with van der Waals surface area (Å²) < 4.78 is 2.59. The quantitative estimate of drug-likeness (QED) is 0.164. The molecule has 0 aliphatic rings. The van der Waals surface area contributed by atoms with Crippen molar-refractivity contribution in [2.45, 2.75) is 12.8 Å². The van der Waals surface area contributed by atoms with Gasteiger partial charge in [0.25, 0.3) is 0 Å². The summed E-state index contributed by atoms with van der Waals surface area (Å²) in [6.45, 7) is 0. The molecule has 0 spiro atoms. The van der Waals surface area contributed by atoms with Crippen molar-refractivity contribution in [3.05, 3.63) is 216 Å². The SMILES string of the molecule is N/C(=C\Cc1ccccc1)c1cccc(-c2ccc(-c3ccc(/C(=C/Cc4ccccc4)c4ccccc4)cc3)c3c2sc2ccccc23)c1. The molecule has 0 radical (unpaired) electrons. The lowest BCUT2D eigenvalue weighted by Crippen LogP contribution is -1.97. The van der Waals surface area contributed by atoms with Gasteiger partial charge in [-0.2, -0.15) is 0 Å². The molecule has 1 heterocycles. The second-order valence-corrected chi connectivity index (χ2v) is 13.7. The van der Waals surface area contributed by atoms with Crippen molar-refractivity contribution in [3.8, 4) is 22.3 Å². The van der Waals surface area contributed by atoms with E-state index in [1.54, 1.807) is 0 Å². The zero-order chi connectivity index (χ0) is 33.7. The highest BCUT2D eigenvalue weighted by Crippen LogP contribution is 2.45. The van der Waals surface area contributed by atoms with Crippen LogP contribution in [0.15, 0.2) is 188 Å². The number of hydrogen-bond donors (Lipinski definition) is 1. The summed E-state index contributed by atoms with van der Waals surface area (Å²) in [5, 5.41) is 2.59. The summed E-state index contributed by atoms with van der Waals surface area (Å²) in [6.07, 6.45) is 6.17. The molecule has 0 aliphatic carbocycles. The Morgan fingerprint density at radius 3 is 1.78 bits per heavy atom. The number of rotatable bonds is 9. The van der Waals surface area contributed by atoms with Crippen molar-refractivity contribution in [1.82, 2.24) is 0 Å². The Hall–Kier alpha value is -5.96. The van der Waals surface area contributed by atoms with Gasteiger partial charge in [0.1, 0.15) is 0 Å². The predicted octanol–water partition coefficient (Wildman–Crippen LogP) is 12.6. The van der Waals surface area contributed by atoms with E-state index in [1.165, 1.54) is 70.3 Å². The zero-order valence-corrected chi connectivity index (χ0v) is 28.6. The molecule has 1 nitrogen and oxygen atoms in total. The third-order valence-electron chi connectivity index (χ3n) is 9.41. The maximum atomic E-state index is 6.64. The first-order valence-corrected chi connectivity index (χ1v) is 18.0. The highest BCUT2D eigenvalue weighted by Gasteiger charge is 2.16. The normalized spacial score (nSPS) is 12.1. The summed E-state index contributed by atoms with van der Waals surface area (Å²) in [6, 6.07) is 63.0. The third-order valence-corrected chi connectivity index (χ3v) is 10.6. The molecule has 2 N–H and O–H groups in total. The highest BCUT2D eigenvalue weighted by atomic mass is 32.1. The monoisotopic (exact) mass is 659 g/mol. The minimum atomic E-state index is 0.799. The Labute approximate surface area is 298 Å². The fraction of sp³-hybridized carbons (Fsp3) is 0.0417. The Morgan fingerprint density at radius 1 is 0.480 bits per heavy atom. The van der Waals surface area contributed by atoms with Gasteiger partial charge >= 0.3 is 0 Å². The standard InChI is InChI=1S/C48H37NS/c49-45(32-24-35-15-6-2-7-16-35)40-20-12-19-39(33-40)43-31-30-42(47-44-21-10-11-22-46(44)50-48(43)47)38-27-25-37(26-28-38)41(36-17-8-3-9-18-36)29-23-34-13-4-1-5-14-34/h1-22,25-33H,23-24,49H2/b41-29+,45-32-. The molecule has 0 saturated heterocycles. The first-order valence-electron chi connectivity index (χ1n) is 17.2. The van der Waals surface area contributed by atoms with Gasteiger partial charge in [-0.25, -0.2) is 0 Å². The number of thiophene rings is 1. The third kappa shape index (κ3) is 6.54.